The molecule has 0 aliphatic heterocycles. The molecule has 0 bridgehead atoms. The summed E-state index contributed by atoms with van der Waals surface area (Å²) >= 11 is 0. The maximum absolute atomic E-state index is 13.1. The first-order valence-corrected chi connectivity index (χ1v) is 12.6. The van der Waals surface area contributed by atoms with Crippen LogP contribution >= 0.6 is 0 Å². The van der Waals surface area contributed by atoms with Crippen LogP contribution in [0, 0.1) is 0 Å². The lowest BCUT2D eigenvalue weighted by molar-refractivity contribution is 0.0956. The molecular formula is C23H29NO3Si. The smallest absolute Gasteiger partial charge is 0.334 e. The molecule has 0 saturated heterocycles. The highest BCUT2D eigenvalue weighted by molar-refractivity contribution is 6.66. The lowest BCUT2D eigenvalue weighted by atomic mass is 9.96. The number of rotatable bonds is 9. The van der Waals surface area contributed by atoms with Crippen molar-refractivity contribution >= 4 is 36.0 Å². The molecule has 0 saturated carbocycles. The van der Waals surface area contributed by atoms with Crippen LogP contribution in [0.4, 0.5) is 0 Å². The molecule has 0 unspecified atom stereocenters. The second kappa shape index (κ2) is 9.32. The Labute approximate surface area is 168 Å². The Hall–Kier alpha value is -2.21. The van der Waals surface area contributed by atoms with Gasteiger partial charge in [-0.25, -0.2) is 0 Å². The molecule has 0 aromatic heterocycles. The van der Waals surface area contributed by atoms with Crippen molar-refractivity contribution < 1.29 is 13.6 Å². The first-order chi connectivity index (χ1) is 13.6. The molecule has 0 spiro atoms. The first kappa shape index (κ1) is 20.5. The molecule has 0 heterocycles. The van der Waals surface area contributed by atoms with Crippen molar-refractivity contribution in [3.63, 3.8) is 0 Å². The van der Waals surface area contributed by atoms with Crippen molar-refractivity contribution in [1.82, 2.24) is 5.32 Å². The molecule has 0 fully saturated rings. The minimum absolute atomic E-state index is 0.0239. The van der Waals surface area contributed by atoms with E-state index in [1.165, 1.54) is 0 Å². The van der Waals surface area contributed by atoms with Crippen molar-refractivity contribution in [2.24, 2.45) is 0 Å². The SMILES string of the molecule is CCO[Si](C)(CCCNC(=O)c1c2ccccc2cc2ccccc12)OCC. The van der Waals surface area contributed by atoms with E-state index in [0.717, 1.165) is 39.6 Å². The molecule has 3 aromatic carbocycles. The third-order valence-corrected chi connectivity index (χ3v) is 8.05. The highest BCUT2D eigenvalue weighted by Gasteiger charge is 2.29. The Morgan fingerprint density at radius 3 is 2.00 bits per heavy atom. The van der Waals surface area contributed by atoms with Gasteiger partial charge in [0.1, 0.15) is 0 Å². The molecule has 3 rings (SSSR count). The van der Waals surface area contributed by atoms with Gasteiger partial charge in [0.05, 0.1) is 5.56 Å². The second-order valence-electron chi connectivity index (χ2n) is 7.05. The number of hydrogen-bond donors (Lipinski definition) is 1. The van der Waals surface area contributed by atoms with Crippen molar-refractivity contribution in [2.45, 2.75) is 32.9 Å². The van der Waals surface area contributed by atoms with E-state index in [-0.39, 0.29) is 5.91 Å². The topological polar surface area (TPSA) is 47.6 Å². The fourth-order valence-corrected chi connectivity index (χ4v) is 6.17. The molecular weight excluding hydrogens is 366 g/mol. The van der Waals surface area contributed by atoms with Gasteiger partial charge in [0.2, 0.25) is 0 Å². The summed E-state index contributed by atoms with van der Waals surface area (Å²) in [4.78, 5) is 13.1. The van der Waals surface area contributed by atoms with Crippen LogP contribution in [0.15, 0.2) is 54.6 Å². The molecule has 4 nitrogen and oxygen atoms in total. The molecule has 0 aliphatic carbocycles. The number of carbonyl (C=O) groups excluding carboxylic acids is 1. The number of nitrogens with one attached hydrogen (secondary N) is 1. The highest BCUT2D eigenvalue weighted by atomic mass is 28.4. The van der Waals surface area contributed by atoms with E-state index < -0.39 is 8.56 Å². The Bertz CT molecular complexity index is 897. The number of hydrogen-bond acceptors (Lipinski definition) is 3. The standard InChI is InChI=1S/C23H29NO3Si/c1-4-26-28(3,27-5-2)16-10-15-24-23(25)22-20-13-8-6-11-18(20)17-19-12-7-9-14-21(19)22/h6-9,11-14,17H,4-5,10,15-16H2,1-3H3,(H,24,25). The number of amides is 1. The van der Waals surface area contributed by atoms with Crippen molar-refractivity contribution in [2.75, 3.05) is 19.8 Å². The maximum atomic E-state index is 13.1. The van der Waals surface area contributed by atoms with Gasteiger partial charge in [-0.3, -0.25) is 4.79 Å². The third kappa shape index (κ3) is 4.61. The number of benzene rings is 3. The monoisotopic (exact) mass is 395 g/mol. The zero-order chi connectivity index (χ0) is 20.0. The molecule has 28 heavy (non-hydrogen) atoms. The van der Waals surface area contributed by atoms with E-state index in [1.54, 1.807) is 0 Å². The summed E-state index contributed by atoms with van der Waals surface area (Å²) in [6, 6.07) is 19.1. The Morgan fingerprint density at radius 2 is 1.46 bits per heavy atom. The summed E-state index contributed by atoms with van der Waals surface area (Å²) in [5, 5.41) is 7.25. The van der Waals surface area contributed by atoms with Gasteiger partial charge >= 0.3 is 8.56 Å². The van der Waals surface area contributed by atoms with Gasteiger partial charge in [-0.15, -0.1) is 0 Å². The summed E-state index contributed by atoms with van der Waals surface area (Å²) in [6.07, 6.45) is 0.844. The van der Waals surface area contributed by atoms with Gasteiger partial charge < -0.3 is 14.2 Å². The average molecular weight is 396 g/mol. The molecule has 0 radical (unpaired) electrons. The maximum Gasteiger partial charge on any atom is 0.334 e. The fourth-order valence-electron chi connectivity index (χ4n) is 3.75. The second-order valence-corrected chi connectivity index (χ2v) is 10.4. The predicted molar refractivity (Wildman–Crippen MR) is 118 cm³/mol. The molecule has 1 N–H and O–H groups in total. The van der Waals surface area contributed by atoms with Gasteiger partial charge in [-0.05, 0) is 60.5 Å². The molecule has 0 atom stereocenters. The van der Waals surface area contributed by atoms with E-state index in [9.17, 15) is 4.79 Å². The zero-order valence-corrected chi connectivity index (χ0v) is 18.0. The van der Waals surface area contributed by atoms with Gasteiger partial charge in [0.25, 0.3) is 5.91 Å². The summed E-state index contributed by atoms with van der Waals surface area (Å²) in [5.74, 6) is -0.0239. The molecule has 1 amide bonds. The van der Waals surface area contributed by atoms with Crippen LogP contribution in [0.25, 0.3) is 21.5 Å². The van der Waals surface area contributed by atoms with Crippen LogP contribution in [-0.4, -0.2) is 34.2 Å². The summed E-state index contributed by atoms with van der Waals surface area (Å²) in [5.41, 5.74) is 0.753. The molecule has 3 aromatic rings. The van der Waals surface area contributed by atoms with Gasteiger partial charge in [-0.1, -0.05) is 48.5 Å². The van der Waals surface area contributed by atoms with E-state index in [0.29, 0.717) is 19.8 Å². The Balaban J connectivity index is 1.76. The van der Waals surface area contributed by atoms with Gasteiger partial charge in [0, 0.05) is 19.8 Å². The van der Waals surface area contributed by atoms with E-state index in [4.69, 9.17) is 8.85 Å². The van der Waals surface area contributed by atoms with E-state index in [1.807, 2.05) is 50.2 Å². The number of carbonyl (C=O) groups is 1. The minimum Gasteiger partial charge on any atom is -0.395 e. The van der Waals surface area contributed by atoms with Gasteiger partial charge in [-0.2, -0.15) is 0 Å². The van der Waals surface area contributed by atoms with Gasteiger partial charge in [0.15, 0.2) is 0 Å². The van der Waals surface area contributed by atoms with Crippen LogP contribution in [0.5, 0.6) is 0 Å². The van der Waals surface area contributed by atoms with Crippen LogP contribution in [0.1, 0.15) is 30.6 Å². The largest absolute Gasteiger partial charge is 0.395 e. The average Bonchev–Trinajstić information content (AvgIpc) is 2.69. The quantitative estimate of drug-likeness (QED) is 0.305. The lowest BCUT2D eigenvalue weighted by Crippen LogP contribution is -2.39. The van der Waals surface area contributed by atoms with Crippen molar-refractivity contribution in [3.8, 4) is 0 Å². The lowest BCUT2D eigenvalue weighted by Gasteiger charge is -2.25. The predicted octanol–water partition coefficient (Wildman–Crippen LogP) is 5.26. The Kier molecular flexibility index (Phi) is 6.83. The Morgan fingerprint density at radius 1 is 0.929 bits per heavy atom. The summed E-state index contributed by atoms with van der Waals surface area (Å²) < 4.78 is 11.8. The van der Waals surface area contributed by atoms with Crippen LogP contribution in [0.3, 0.4) is 0 Å². The van der Waals surface area contributed by atoms with Crippen molar-refractivity contribution in [3.05, 3.63) is 60.2 Å². The van der Waals surface area contributed by atoms with Crippen LogP contribution < -0.4 is 5.32 Å². The third-order valence-electron chi connectivity index (χ3n) is 4.99. The summed E-state index contributed by atoms with van der Waals surface area (Å²) in [6.45, 7) is 8.03. The highest BCUT2D eigenvalue weighted by Crippen LogP contribution is 2.28. The van der Waals surface area contributed by atoms with Crippen LogP contribution in [-0.2, 0) is 8.85 Å². The first-order valence-electron chi connectivity index (χ1n) is 10.0. The summed E-state index contributed by atoms with van der Waals surface area (Å²) in [7, 11) is -2.14. The molecule has 5 heteroatoms. The fraction of sp³-hybridized carbons (Fsp3) is 0.348. The van der Waals surface area contributed by atoms with E-state index in [2.05, 4.69) is 30.1 Å². The zero-order valence-electron chi connectivity index (χ0n) is 17.0. The normalized spacial score (nSPS) is 11.8. The van der Waals surface area contributed by atoms with Crippen LogP contribution in [0.2, 0.25) is 12.6 Å². The molecule has 148 valence electrons. The number of fused-ring (bicyclic) bond motifs is 2. The molecule has 0 aliphatic rings. The minimum atomic E-state index is -2.14. The van der Waals surface area contributed by atoms with E-state index >= 15 is 0 Å². The van der Waals surface area contributed by atoms with Crippen molar-refractivity contribution in [1.29, 1.82) is 0 Å².